The van der Waals surface area contributed by atoms with Crippen LogP contribution in [-0.4, -0.2) is 55.8 Å². The van der Waals surface area contributed by atoms with Gasteiger partial charge in [-0.15, -0.1) is 0 Å². The summed E-state index contributed by atoms with van der Waals surface area (Å²) in [5.41, 5.74) is 4.97. The number of nitrogens with two attached hydrogens (primary N) is 1. The molecule has 1 amide bonds. The van der Waals surface area contributed by atoms with E-state index >= 15 is 0 Å². The van der Waals surface area contributed by atoms with Gasteiger partial charge in [-0.25, -0.2) is 17.5 Å². The number of hydrogen-bond acceptors (Lipinski definition) is 5. The molecule has 0 unspecified atom stereocenters. The maximum atomic E-state index is 12.6. The fourth-order valence-corrected chi connectivity index (χ4v) is 5.67. The molecule has 0 spiro atoms. The Morgan fingerprint density at radius 2 is 1.31 bits per heavy atom. The quantitative estimate of drug-likeness (QED) is 0.308. The normalized spacial score (nSPS) is 16.2. The van der Waals surface area contributed by atoms with Crippen molar-refractivity contribution in [3.8, 4) is 0 Å². The Hall–Kier alpha value is -0.860. The Morgan fingerprint density at radius 3 is 1.75 bits per heavy atom. The van der Waals surface area contributed by atoms with E-state index in [0.29, 0.717) is 25.9 Å². The van der Waals surface area contributed by atoms with Gasteiger partial charge in [0, 0.05) is 19.1 Å². The maximum absolute atomic E-state index is 12.6. The molecule has 0 aromatic carbocycles. The topological polar surface area (TPSA) is 102 Å². The van der Waals surface area contributed by atoms with Gasteiger partial charge in [0.2, 0.25) is 10.0 Å². The van der Waals surface area contributed by atoms with Gasteiger partial charge in [0.25, 0.3) is 0 Å². The highest BCUT2D eigenvalue weighted by molar-refractivity contribution is 7.89. The molecule has 32 heavy (non-hydrogen) atoms. The average Bonchev–Trinajstić information content (AvgIpc) is 2.70. The van der Waals surface area contributed by atoms with E-state index in [9.17, 15) is 13.2 Å². The lowest BCUT2D eigenvalue weighted by molar-refractivity contribution is 0.0489. The highest BCUT2D eigenvalue weighted by Crippen LogP contribution is 2.17. The molecular weight excluding hydrogens is 426 g/mol. The zero-order valence-corrected chi connectivity index (χ0v) is 21.7. The number of ether oxygens (including phenoxy) is 1. The van der Waals surface area contributed by atoms with Crippen molar-refractivity contribution >= 4 is 16.1 Å². The summed E-state index contributed by atoms with van der Waals surface area (Å²) < 4.78 is 32.1. The fourth-order valence-electron chi connectivity index (χ4n) is 4.08. The number of piperidine rings is 1. The van der Waals surface area contributed by atoms with Crippen molar-refractivity contribution in [1.29, 1.82) is 0 Å². The number of carbonyl (C=O) groups excluding carboxylic acids is 1. The van der Waals surface area contributed by atoms with Gasteiger partial charge in [-0.1, -0.05) is 64.2 Å². The van der Waals surface area contributed by atoms with Crippen molar-refractivity contribution in [3.63, 3.8) is 0 Å². The van der Waals surface area contributed by atoms with Crippen LogP contribution < -0.4 is 11.1 Å². The van der Waals surface area contributed by atoms with E-state index in [2.05, 4.69) is 5.32 Å². The summed E-state index contributed by atoms with van der Waals surface area (Å²) in [5.74, 6) is 0.236. The lowest BCUT2D eigenvalue weighted by Gasteiger charge is -2.32. The van der Waals surface area contributed by atoms with E-state index in [-0.39, 0.29) is 11.8 Å². The van der Waals surface area contributed by atoms with Gasteiger partial charge in [0.15, 0.2) is 0 Å². The summed E-state index contributed by atoms with van der Waals surface area (Å²) in [6, 6.07) is -0.0257. The van der Waals surface area contributed by atoms with Crippen LogP contribution >= 0.6 is 0 Å². The highest BCUT2D eigenvalue weighted by atomic mass is 32.2. The molecule has 7 nitrogen and oxygen atoms in total. The van der Waals surface area contributed by atoms with Crippen molar-refractivity contribution in [3.05, 3.63) is 0 Å². The Bertz CT molecular complexity index is 597. The molecule has 1 aliphatic heterocycles. The van der Waals surface area contributed by atoms with Crippen molar-refractivity contribution in [2.75, 3.05) is 25.4 Å². The SMILES string of the molecule is CC(C)(C)OC(=O)NC1CCN(S(=O)(=O)CCCCCCCCCCCCCCN)CC1. The Kier molecular flexibility index (Phi) is 14.5. The third-order valence-electron chi connectivity index (χ3n) is 5.92. The molecule has 0 aromatic rings. The number of alkyl carbamates (subject to hydrolysis) is 1. The second-order valence-corrected chi connectivity index (χ2v) is 12.3. The standard InChI is InChI=1S/C24H49N3O4S/c1-24(2,3)31-23(28)26-22-16-19-27(20-17-22)32(29,30)21-15-13-11-9-7-5-4-6-8-10-12-14-18-25/h22H,4-21,25H2,1-3H3,(H,26,28). The van der Waals surface area contributed by atoms with Crippen molar-refractivity contribution < 1.29 is 17.9 Å². The number of sulfonamides is 1. The van der Waals surface area contributed by atoms with Crippen LogP contribution in [0.25, 0.3) is 0 Å². The second-order valence-electron chi connectivity index (χ2n) is 10.2. The molecular formula is C24H49N3O4S. The molecule has 1 heterocycles. The van der Waals surface area contributed by atoms with Crippen LogP contribution in [0.1, 0.15) is 111 Å². The number of unbranched alkanes of at least 4 members (excludes halogenated alkanes) is 11. The summed E-state index contributed by atoms with van der Waals surface area (Å²) in [4.78, 5) is 11.9. The van der Waals surface area contributed by atoms with Gasteiger partial charge in [0.05, 0.1) is 5.75 Å². The van der Waals surface area contributed by atoms with Crippen LogP contribution in [0.4, 0.5) is 4.79 Å². The Balaban J connectivity index is 2.05. The predicted octanol–water partition coefficient (Wildman–Crippen LogP) is 4.95. The minimum absolute atomic E-state index is 0.0257. The van der Waals surface area contributed by atoms with Gasteiger partial charge in [0.1, 0.15) is 5.60 Å². The van der Waals surface area contributed by atoms with E-state index < -0.39 is 21.7 Å². The Labute approximate surface area is 197 Å². The first-order chi connectivity index (χ1) is 15.1. The Morgan fingerprint density at radius 1 is 0.875 bits per heavy atom. The van der Waals surface area contributed by atoms with Crippen LogP contribution in [0, 0.1) is 0 Å². The molecule has 1 fully saturated rings. The van der Waals surface area contributed by atoms with Crippen LogP contribution in [0.2, 0.25) is 0 Å². The fraction of sp³-hybridized carbons (Fsp3) is 0.958. The maximum Gasteiger partial charge on any atom is 0.407 e. The van der Waals surface area contributed by atoms with E-state index in [1.165, 1.54) is 51.4 Å². The van der Waals surface area contributed by atoms with Crippen molar-refractivity contribution in [1.82, 2.24) is 9.62 Å². The minimum atomic E-state index is -3.20. The first-order valence-corrected chi connectivity index (χ1v) is 14.4. The summed E-state index contributed by atoms with van der Waals surface area (Å²) in [6.07, 6.45) is 15.1. The molecule has 0 saturated carbocycles. The van der Waals surface area contributed by atoms with Crippen LogP contribution in [0.5, 0.6) is 0 Å². The first-order valence-electron chi connectivity index (χ1n) is 12.8. The first kappa shape index (κ1) is 29.2. The number of carbonyl (C=O) groups is 1. The largest absolute Gasteiger partial charge is 0.444 e. The van der Waals surface area contributed by atoms with E-state index in [1.807, 2.05) is 20.8 Å². The molecule has 0 aliphatic carbocycles. The van der Waals surface area contributed by atoms with E-state index in [0.717, 1.165) is 32.2 Å². The van der Waals surface area contributed by atoms with Crippen LogP contribution in [-0.2, 0) is 14.8 Å². The van der Waals surface area contributed by atoms with Crippen LogP contribution in [0.15, 0.2) is 0 Å². The van der Waals surface area contributed by atoms with Crippen LogP contribution in [0.3, 0.4) is 0 Å². The number of nitrogens with zero attached hydrogens (tertiary/aromatic N) is 1. The molecule has 3 N–H and O–H groups in total. The minimum Gasteiger partial charge on any atom is -0.444 e. The zero-order chi connectivity index (χ0) is 23.9. The number of amides is 1. The lowest BCUT2D eigenvalue weighted by atomic mass is 10.1. The van der Waals surface area contributed by atoms with Gasteiger partial charge in [-0.2, -0.15) is 0 Å². The van der Waals surface area contributed by atoms with E-state index in [4.69, 9.17) is 10.5 Å². The summed E-state index contributed by atoms with van der Waals surface area (Å²) in [5, 5.41) is 2.86. The second kappa shape index (κ2) is 15.9. The van der Waals surface area contributed by atoms with Crippen molar-refractivity contribution in [2.45, 2.75) is 122 Å². The molecule has 1 aliphatic rings. The monoisotopic (exact) mass is 475 g/mol. The molecule has 1 saturated heterocycles. The van der Waals surface area contributed by atoms with Gasteiger partial charge >= 0.3 is 6.09 Å². The number of nitrogens with one attached hydrogen (secondary N) is 1. The molecule has 1 rings (SSSR count). The highest BCUT2D eigenvalue weighted by Gasteiger charge is 2.29. The third kappa shape index (κ3) is 14.3. The average molecular weight is 476 g/mol. The lowest BCUT2D eigenvalue weighted by Crippen LogP contribution is -2.48. The number of hydrogen-bond donors (Lipinski definition) is 2. The molecule has 0 radical (unpaired) electrons. The van der Waals surface area contributed by atoms with E-state index in [1.54, 1.807) is 4.31 Å². The van der Waals surface area contributed by atoms with Crippen molar-refractivity contribution in [2.24, 2.45) is 5.73 Å². The third-order valence-corrected chi connectivity index (χ3v) is 7.88. The van der Waals surface area contributed by atoms with Gasteiger partial charge in [-0.3, -0.25) is 0 Å². The number of rotatable bonds is 16. The zero-order valence-electron chi connectivity index (χ0n) is 20.9. The van der Waals surface area contributed by atoms with Gasteiger partial charge in [-0.05, 0) is 53.0 Å². The molecule has 0 aromatic heterocycles. The summed E-state index contributed by atoms with van der Waals surface area (Å²) in [7, 11) is -3.20. The summed E-state index contributed by atoms with van der Waals surface area (Å²) >= 11 is 0. The van der Waals surface area contributed by atoms with Gasteiger partial charge < -0.3 is 15.8 Å². The molecule has 8 heteroatoms. The molecule has 190 valence electrons. The predicted molar refractivity (Wildman–Crippen MR) is 132 cm³/mol. The molecule has 0 atom stereocenters. The summed E-state index contributed by atoms with van der Waals surface area (Å²) in [6.45, 7) is 7.23. The smallest absolute Gasteiger partial charge is 0.407 e. The molecule has 0 bridgehead atoms.